The molecular weight excluding hydrogens is 361 g/mol. The summed E-state index contributed by atoms with van der Waals surface area (Å²) in [5.74, 6) is 0.139. The van der Waals surface area contributed by atoms with Crippen LogP contribution in [0, 0.1) is 0 Å². The Kier molecular flexibility index (Phi) is 4.23. The minimum atomic E-state index is -0.314. The van der Waals surface area contributed by atoms with Gasteiger partial charge in [-0.3, -0.25) is 9.89 Å². The van der Waals surface area contributed by atoms with Gasteiger partial charge in [0.15, 0.2) is 11.5 Å². The molecule has 1 amide bonds. The Morgan fingerprint density at radius 3 is 2.43 bits per heavy atom. The highest BCUT2D eigenvalue weighted by atomic mass is 35.5. The molecule has 2 heterocycles. The third-order valence-corrected chi connectivity index (χ3v) is 3.86. The first kappa shape index (κ1) is 16.1. The van der Waals surface area contributed by atoms with E-state index in [2.05, 4.69) is 20.6 Å². The van der Waals surface area contributed by atoms with E-state index in [0.29, 0.717) is 27.1 Å². The van der Waals surface area contributed by atoms with Gasteiger partial charge >= 0.3 is 0 Å². The molecule has 0 saturated carbocycles. The van der Waals surface area contributed by atoms with Gasteiger partial charge in [0, 0.05) is 21.7 Å². The predicted octanol–water partition coefficient (Wildman–Crippen LogP) is 3.82. The second-order valence-corrected chi connectivity index (χ2v) is 6.52. The van der Waals surface area contributed by atoms with Crippen LogP contribution >= 0.6 is 34.8 Å². The number of halogens is 3. The van der Waals surface area contributed by atoms with Gasteiger partial charge in [-0.2, -0.15) is 0 Å². The predicted molar refractivity (Wildman–Crippen MR) is 90.4 cm³/mol. The van der Waals surface area contributed by atoms with Crippen LogP contribution in [-0.4, -0.2) is 31.8 Å². The van der Waals surface area contributed by atoms with Crippen molar-refractivity contribution in [2.45, 2.75) is 19.9 Å². The van der Waals surface area contributed by atoms with E-state index < -0.39 is 0 Å². The van der Waals surface area contributed by atoms with Crippen LogP contribution in [0.2, 0.25) is 15.1 Å². The summed E-state index contributed by atoms with van der Waals surface area (Å²) in [4.78, 5) is 12.2. The van der Waals surface area contributed by atoms with E-state index in [0.717, 1.165) is 0 Å². The first-order valence-electron chi connectivity index (χ1n) is 6.76. The number of rotatable bonds is 3. The number of nitrogens with zero attached hydrogens (tertiary/aromatic N) is 3. The Balaban J connectivity index is 2.12. The fourth-order valence-electron chi connectivity index (χ4n) is 2.16. The van der Waals surface area contributed by atoms with Gasteiger partial charge < -0.3 is 5.32 Å². The fourth-order valence-corrected chi connectivity index (χ4v) is 2.94. The molecular formula is C14H12Cl3N5O. The second-order valence-electron chi connectivity index (χ2n) is 5.27. The molecule has 23 heavy (non-hydrogen) atoms. The zero-order valence-electron chi connectivity index (χ0n) is 12.2. The Hall–Kier alpha value is -1.76. The molecule has 3 rings (SSSR count). The zero-order valence-corrected chi connectivity index (χ0v) is 14.5. The van der Waals surface area contributed by atoms with Crippen LogP contribution < -0.4 is 5.32 Å². The lowest BCUT2D eigenvalue weighted by Gasteiger charge is -2.06. The molecule has 0 aliphatic heterocycles. The monoisotopic (exact) mass is 371 g/mol. The summed E-state index contributed by atoms with van der Waals surface area (Å²) < 4.78 is 1.53. The van der Waals surface area contributed by atoms with E-state index >= 15 is 0 Å². The van der Waals surface area contributed by atoms with Crippen LogP contribution in [0.4, 0.5) is 0 Å². The third kappa shape index (κ3) is 3.02. The first-order chi connectivity index (χ1) is 10.9. The summed E-state index contributed by atoms with van der Waals surface area (Å²) in [5.41, 5.74) is 1.23. The number of nitrogens with one attached hydrogen (secondary N) is 2. The summed E-state index contributed by atoms with van der Waals surface area (Å²) in [6, 6.07) is 5.01. The lowest BCUT2D eigenvalue weighted by molar-refractivity contribution is 0.0938. The number of aromatic amines is 1. The molecule has 0 fully saturated rings. The lowest BCUT2D eigenvalue weighted by atomic mass is 10.2. The molecule has 0 radical (unpaired) electrons. The number of amides is 1. The topological polar surface area (TPSA) is 75.1 Å². The van der Waals surface area contributed by atoms with E-state index in [1.165, 1.54) is 4.52 Å². The number of aromatic nitrogens is 4. The van der Waals surface area contributed by atoms with Crippen molar-refractivity contribution in [3.63, 3.8) is 0 Å². The lowest BCUT2D eigenvalue weighted by Crippen LogP contribution is -2.30. The number of carbonyl (C=O) groups excluding carboxylic acids is 1. The van der Waals surface area contributed by atoms with Crippen molar-refractivity contribution in [3.8, 4) is 11.4 Å². The Morgan fingerprint density at radius 1 is 1.17 bits per heavy atom. The van der Waals surface area contributed by atoms with Crippen LogP contribution in [-0.2, 0) is 0 Å². The normalized spacial score (nSPS) is 11.4. The molecule has 0 saturated heterocycles. The fraction of sp³-hybridized carbons (Fsp3) is 0.214. The number of H-pyrrole nitrogens is 1. The van der Waals surface area contributed by atoms with Crippen molar-refractivity contribution >= 4 is 46.4 Å². The Morgan fingerprint density at radius 2 is 1.83 bits per heavy atom. The van der Waals surface area contributed by atoms with Crippen LogP contribution in [0.15, 0.2) is 18.2 Å². The largest absolute Gasteiger partial charge is 0.349 e. The zero-order chi connectivity index (χ0) is 16.7. The summed E-state index contributed by atoms with van der Waals surface area (Å²) in [5, 5.41) is 14.9. The minimum absolute atomic E-state index is 0.0153. The van der Waals surface area contributed by atoms with Crippen LogP contribution in [0.25, 0.3) is 17.0 Å². The highest BCUT2D eigenvalue weighted by Gasteiger charge is 2.22. The van der Waals surface area contributed by atoms with Crippen molar-refractivity contribution in [1.29, 1.82) is 0 Å². The quantitative estimate of drug-likeness (QED) is 0.734. The summed E-state index contributed by atoms with van der Waals surface area (Å²) in [6.07, 6.45) is 0. The smallest absolute Gasteiger partial charge is 0.271 e. The summed E-state index contributed by atoms with van der Waals surface area (Å²) >= 11 is 18.3. The van der Waals surface area contributed by atoms with Gasteiger partial charge in [-0.15, -0.1) is 10.2 Å². The summed E-state index contributed by atoms with van der Waals surface area (Å²) in [6.45, 7) is 3.72. The van der Waals surface area contributed by atoms with E-state index in [4.69, 9.17) is 34.8 Å². The van der Waals surface area contributed by atoms with Crippen molar-refractivity contribution in [2.75, 3.05) is 0 Å². The maximum atomic E-state index is 12.2. The molecule has 0 aliphatic rings. The number of hydrogen-bond donors (Lipinski definition) is 2. The van der Waals surface area contributed by atoms with Gasteiger partial charge in [0.25, 0.3) is 5.91 Å². The molecule has 3 aromatic rings. The molecule has 2 aromatic heterocycles. The molecule has 9 heteroatoms. The Labute approximate surface area is 146 Å². The van der Waals surface area contributed by atoms with E-state index in [1.54, 1.807) is 18.2 Å². The van der Waals surface area contributed by atoms with Crippen LogP contribution in [0.1, 0.15) is 24.3 Å². The Bertz CT molecular complexity index is 879. The molecule has 0 atom stereocenters. The van der Waals surface area contributed by atoms with Gasteiger partial charge in [0.2, 0.25) is 0 Å². The molecule has 2 N–H and O–H groups in total. The van der Waals surface area contributed by atoms with Gasteiger partial charge in [-0.1, -0.05) is 34.8 Å². The van der Waals surface area contributed by atoms with E-state index in [-0.39, 0.29) is 22.7 Å². The van der Waals surface area contributed by atoms with Crippen molar-refractivity contribution in [3.05, 3.63) is 39.0 Å². The SMILES string of the molecule is CC(C)NC(=O)c1[nH]n2c(-c3cc(Cl)cc(Cl)c3)nnc2c1Cl. The van der Waals surface area contributed by atoms with E-state index in [9.17, 15) is 4.79 Å². The molecule has 0 bridgehead atoms. The minimum Gasteiger partial charge on any atom is -0.349 e. The molecule has 120 valence electrons. The molecule has 6 nitrogen and oxygen atoms in total. The molecule has 0 spiro atoms. The number of benzene rings is 1. The second kappa shape index (κ2) is 6.03. The molecule has 0 aliphatic carbocycles. The highest BCUT2D eigenvalue weighted by molar-refractivity contribution is 6.36. The van der Waals surface area contributed by atoms with Gasteiger partial charge in [0.05, 0.1) is 0 Å². The molecule has 0 unspecified atom stereocenters. The maximum Gasteiger partial charge on any atom is 0.271 e. The van der Waals surface area contributed by atoms with Gasteiger partial charge in [-0.05, 0) is 32.0 Å². The van der Waals surface area contributed by atoms with Gasteiger partial charge in [-0.25, -0.2) is 4.52 Å². The van der Waals surface area contributed by atoms with Crippen molar-refractivity contribution in [1.82, 2.24) is 25.1 Å². The highest BCUT2D eigenvalue weighted by Crippen LogP contribution is 2.29. The van der Waals surface area contributed by atoms with Crippen molar-refractivity contribution in [2.24, 2.45) is 0 Å². The van der Waals surface area contributed by atoms with E-state index in [1.807, 2.05) is 13.8 Å². The number of carbonyl (C=O) groups is 1. The molecule has 1 aromatic carbocycles. The first-order valence-corrected chi connectivity index (χ1v) is 7.90. The average molecular weight is 373 g/mol. The average Bonchev–Trinajstić information content (AvgIpc) is 2.97. The van der Waals surface area contributed by atoms with Crippen molar-refractivity contribution < 1.29 is 4.79 Å². The number of fused-ring (bicyclic) bond motifs is 1. The third-order valence-electron chi connectivity index (χ3n) is 3.07. The van der Waals surface area contributed by atoms with Crippen LogP contribution in [0.3, 0.4) is 0 Å². The van der Waals surface area contributed by atoms with Gasteiger partial charge in [0.1, 0.15) is 10.7 Å². The standard InChI is InChI=1S/C14H12Cl3N5O/c1-6(2)18-14(23)11-10(17)13-20-19-12(22(13)21-11)7-3-8(15)5-9(16)4-7/h3-6,21H,1-2H3,(H,18,23). The number of hydrogen-bond acceptors (Lipinski definition) is 3. The maximum absolute atomic E-state index is 12.2. The summed E-state index contributed by atoms with van der Waals surface area (Å²) in [7, 11) is 0. The van der Waals surface area contributed by atoms with Crippen LogP contribution in [0.5, 0.6) is 0 Å².